The number of hydrogen-bond acceptors (Lipinski definition) is 3. The molecule has 2 aromatic carbocycles. The zero-order chi connectivity index (χ0) is 14.8. The number of nitrogens with zero attached hydrogens (tertiary/aromatic N) is 1. The van der Waals surface area contributed by atoms with Crippen LogP contribution in [0.5, 0.6) is 0 Å². The summed E-state index contributed by atoms with van der Waals surface area (Å²) in [5.41, 5.74) is 1.50. The molecule has 0 radical (unpaired) electrons. The van der Waals surface area contributed by atoms with Crippen LogP contribution in [0.2, 0.25) is 0 Å². The minimum atomic E-state index is -3.74. The van der Waals surface area contributed by atoms with Crippen LogP contribution < -0.4 is 4.72 Å². The maximum absolute atomic E-state index is 12.4. The standard InChI is InChI=1S/C14H11BrN2O2S/c1-10-6-7-14(12(15)8-10)20(18,19)17-13-5-3-2-4-11(13)9-16/h2-8,17H,1H3. The molecule has 0 heterocycles. The second-order valence-electron chi connectivity index (χ2n) is 4.20. The molecule has 0 amide bonds. The summed E-state index contributed by atoms with van der Waals surface area (Å²) in [6, 6.07) is 13.4. The predicted molar refractivity (Wildman–Crippen MR) is 80.8 cm³/mol. The van der Waals surface area contributed by atoms with E-state index in [0.717, 1.165) is 5.56 Å². The van der Waals surface area contributed by atoms with Gasteiger partial charge in [-0.15, -0.1) is 0 Å². The van der Waals surface area contributed by atoms with Gasteiger partial charge in [-0.1, -0.05) is 18.2 Å². The zero-order valence-electron chi connectivity index (χ0n) is 10.6. The summed E-state index contributed by atoms with van der Waals surface area (Å²) in [5.74, 6) is 0. The molecule has 6 heteroatoms. The lowest BCUT2D eigenvalue weighted by molar-refractivity contribution is 0.600. The number of aryl methyl sites for hydroxylation is 1. The predicted octanol–water partition coefficient (Wildman–Crippen LogP) is 3.43. The van der Waals surface area contributed by atoms with Gasteiger partial charge in [0.15, 0.2) is 0 Å². The van der Waals surface area contributed by atoms with Crippen LogP contribution in [0.4, 0.5) is 5.69 Å². The summed E-state index contributed by atoms with van der Waals surface area (Å²) in [6.45, 7) is 1.87. The zero-order valence-corrected chi connectivity index (χ0v) is 13.0. The Balaban J connectivity index is 2.44. The first kappa shape index (κ1) is 14.6. The lowest BCUT2D eigenvalue weighted by Gasteiger charge is -2.11. The van der Waals surface area contributed by atoms with Crippen LogP contribution in [0.15, 0.2) is 51.8 Å². The van der Waals surface area contributed by atoms with Crippen LogP contribution in [0.25, 0.3) is 0 Å². The fourth-order valence-corrected chi connectivity index (χ4v) is 3.97. The molecule has 0 aromatic heterocycles. The summed E-state index contributed by atoms with van der Waals surface area (Å²) in [5, 5.41) is 8.98. The Hall–Kier alpha value is -1.84. The average Bonchev–Trinajstić information content (AvgIpc) is 2.38. The van der Waals surface area contributed by atoms with Crippen molar-refractivity contribution in [2.24, 2.45) is 0 Å². The van der Waals surface area contributed by atoms with Gasteiger partial charge in [0.1, 0.15) is 11.0 Å². The van der Waals surface area contributed by atoms with Gasteiger partial charge in [0, 0.05) is 4.47 Å². The first-order valence-corrected chi connectivity index (χ1v) is 8.00. The monoisotopic (exact) mass is 350 g/mol. The lowest BCUT2D eigenvalue weighted by atomic mass is 10.2. The number of anilines is 1. The van der Waals surface area contributed by atoms with Crippen LogP contribution in [0, 0.1) is 18.3 Å². The Bertz CT molecular complexity index is 795. The normalized spacial score (nSPS) is 10.8. The van der Waals surface area contributed by atoms with Crippen molar-refractivity contribution in [1.82, 2.24) is 0 Å². The van der Waals surface area contributed by atoms with Crippen LogP contribution in [-0.2, 0) is 10.0 Å². The SMILES string of the molecule is Cc1ccc(S(=O)(=O)Nc2ccccc2C#N)c(Br)c1. The van der Waals surface area contributed by atoms with Gasteiger partial charge >= 0.3 is 0 Å². The van der Waals surface area contributed by atoms with E-state index in [-0.39, 0.29) is 16.1 Å². The number of sulfonamides is 1. The molecular weight excluding hydrogens is 340 g/mol. The molecule has 0 unspecified atom stereocenters. The maximum atomic E-state index is 12.4. The molecule has 0 bridgehead atoms. The van der Waals surface area contributed by atoms with Crippen molar-refractivity contribution in [3.8, 4) is 6.07 Å². The van der Waals surface area contributed by atoms with Gasteiger partial charge in [-0.05, 0) is 52.7 Å². The fourth-order valence-electron chi connectivity index (χ4n) is 1.69. The molecule has 0 atom stereocenters. The van der Waals surface area contributed by atoms with Crippen LogP contribution in [0.3, 0.4) is 0 Å². The number of nitriles is 1. The molecule has 2 aromatic rings. The number of para-hydroxylation sites is 1. The number of rotatable bonds is 3. The summed E-state index contributed by atoms with van der Waals surface area (Å²) in [7, 11) is -3.74. The molecule has 2 rings (SSSR count). The van der Waals surface area contributed by atoms with Gasteiger partial charge in [0.25, 0.3) is 10.0 Å². The van der Waals surface area contributed by atoms with Crippen molar-refractivity contribution >= 4 is 31.6 Å². The average molecular weight is 351 g/mol. The Morgan fingerprint density at radius 3 is 2.55 bits per heavy atom. The highest BCUT2D eigenvalue weighted by Gasteiger charge is 2.18. The van der Waals surface area contributed by atoms with Crippen molar-refractivity contribution in [3.05, 3.63) is 58.1 Å². The molecule has 20 heavy (non-hydrogen) atoms. The molecule has 0 aliphatic rings. The summed E-state index contributed by atoms with van der Waals surface area (Å²) < 4.78 is 27.6. The smallest absolute Gasteiger partial charge is 0.263 e. The number of hydrogen-bond donors (Lipinski definition) is 1. The van der Waals surface area contributed by atoms with E-state index in [1.807, 2.05) is 13.0 Å². The molecule has 0 aliphatic carbocycles. The molecule has 4 nitrogen and oxygen atoms in total. The van der Waals surface area contributed by atoms with Crippen LogP contribution in [0.1, 0.15) is 11.1 Å². The van der Waals surface area contributed by atoms with Crippen molar-refractivity contribution in [2.75, 3.05) is 4.72 Å². The summed E-state index contributed by atoms with van der Waals surface area (Å²) in [4.78, 5) is 0.135. The van der Waals surface area contributed by atoms with Crippen molar-refractivity contribution in [3.63, 3.8) is 0 Å². The third-order valence-corrected chi connectivity index (χ3v) is 5.01. The topological polar surface area (TPSA) is 70.0 Å². The molecule has 0 saturated carbocycles. The van der Waals surface area contributed by atoms with E-state index in [1.165, 1.54) is 6.07 Å². The highest BCUT2D eigenvalue weighted by atomic mass is 79.9. The minimum absolute atomic E-state index is 0.135. The van der Waals surface area contributed by atoms with Crippen molar-refractivity contribution in [1.29, 1.82) is 5.26 Å². The molecule has 1 N–H and O–H groups in total. The molecule has 0 aliphatic heterocycles. The first-order chi connectivity index (χ1) is 9.44. The van der Waals surface area contributed by atoms with E-state index in [2.05, 4.69) is 20.7 Å². The van der Waals surface area contributed by atoms with E-state index in [9.17, 15) is 8.42 Å². The van der Waals surface area contributed by atoms with Crippen LogP contribution >= 0.6 is 15.9 Å². The highest BCUT2D eigenvalue weighted by Crippen LogP contribution is 2.26. The van der Waals surface area contributed by atoms with E-state index < -0.39 is 10.0 Å². The fraction of sp³-hybridized carbons (Fsp3) is 0.0714. The second-order valence-corrected chi connectivity index (χ2v) is 6.70. The van der Waals surface area contributed by atoms with E-state index in [0.29, 0.717) is 4.47 Å². The molecule has 0 saturated heterocycles. The first-order valence-electron chi connectivity index (χ1n) is 5.72. The van der Waals surface area contributed by atoms with E-state index in [1.54, 1.807) is 36.4 Å². The highest BCUT2D eigenvalue weighted by molar-refractivity contribution is 9.10. The van der Waals surface area contributed by atoms with Crippen LogP contribution in [-0.4, -0.2) is 8.42 Å². The second kappa shape index (κ2) is 5.65. The van der Waals surface area contributed by atoms with Gasteiger partial charge in [-0.2, -0.15) is 5.26 Å². The number of halogens is 1. The van der Waals surface area contributed by atoms with Gasteiger partial charge in [-0.3, -0.25) is 4.72 Å². The number of benzene rings is 2. The molecule has 102 valence electrons. The molecule has 0 spiro atoms. The third kappa shape index (κ3) is 3.00. The van der Waals surface area contributed by atoms with E-state index in [4.69, 9.17) is 5.26 Å². The maximum Gasteiger partial charge on any atom is 0.263 e. The van der Waals surface area contributed by atoms with Gasteiger partial charge < -0.3 is 0 Å². The molecule has 0 fully saturated rings. The van der Waals surface area contributed by atoms with Crippen molar-refractivity contribution in [2.45, 2.75) is 11.8 Å². The summed E-state index contributed by atoms with van der Waals surface area (Å²) >= 11 is 3.25. The Labute approximate surface area is 126 Å². The summed E-state index contributed by atoms with van der Waals surface area (Å²) in [6.07, 6.45) is 0. The van der Waals surface area contributed by atoms with Gasteiger partial charge in [0.05, 0.1) is 11.3 Å². The van der Waals surface area contributed by atoms with Crippen molar-refractivity contribution < 1.29 is 8.42 Å². The molecular formula is C14H11BrN2O2S. The Kier molecular flexibility index (Phi) is 4.12. The van der Waals surface area contributed by atoms with Gasteiger partial charge in [-0.25, -0.2) is 8.42 Å². The number of nitrogens with one attached hydrogen (secondary N) is 1. The largest absolute Gasteiger partial charge is 0.278 e. The Morgan fingerprint density at radius 1 is 1.20 bits per heavy atom. The van der Waals surface area contributed by atoms with Gasteiger partial charge in [0.2, 0.25) is 0 Å². The minimum Gasteiger partial charge on any atom is -0.278 e. The Morgan fingerprint density at radius 2 is 1.90 bits per heavy atom. The quantitative estimate of drug-likeness (QED) is 0.921. The lowest BCUT2D eigenvalue weighted by Crippen LogP contribution is -2.14. The van der Waals surface area contributed by atoms with E-state index >= 15 is 0 Å². The third-order valence-electron chi connectivity index (χ3n) is 2.67.